The van der Waals surface area contributed by atoms with Crippen LogP contribution in [-0.2, 0) is 4.74 Å². The van der Waals surface area contributed by atoms with Crippen LogP contribution in [0.15, 0.2) is 30.3 Å². The molecule has 2 rings (SSSR count). The Labute approximate surface area is 125 Å². The molecular weight excluding hydrogens is 268 g/mol. The predicted octanol–water partition coefficient (Wildman–Crippen LogP) is 0.888. The number of nitrogens with zero attached hydrogens (tertiary/aromatic N) is 1. The lowest BCUT2D eigenvalue weighted by atomic mass is 10.0. The van der Waals surface area contributed by atoms with Crippen LogP contribution in [0.1, 0.15) is 23.2 Å². The van der Waals surface area contributed by atoms with Crippen LogP contribution in [0.25, 0.3) is 0 Å². The summed E-state index contributed by atoms with van der Waals surface area (Å²) in [5, 5.41) is 12.8. The number of likely N-dealkylation sites (tertiary alicyclic amines) is 1. The number of aliphatic hydroxyl groups is 1. The average molecular weight is 292 g/mol. The van der Waals surface area contributed by atoms with Crippen molar-refractivity contribution in [3.8, 4) is 0 Å². The second-order valence-electron chi connectivity index (χ2n) is 5.52. The van der Waals surface area contributed by atoms with E-state index in [1.807, 2.05) is 30.3 Å². The number of aliphatic hydroxyl groups excluding tert-OH is 1. The first kappa shape index (κ1) is 15.9. The zero-order chi connectivity index (χ0) is 15.1. The average Bonchev–Trinajstić information content (AvgIpc) is 2.50. The van der Waals surface area contributed by atoms with Gasteiger partial charge in [-0.05, 0) is 25.0 Å². The van der Waals surface area contributed by atoms with E-state index >= 15 is 0 Å². The van der Waals surface area contributed by atoms with Crippen molar-refractivity contribution in [3.63, 3.8) is 0 Å². The number of nitrogens with one attached hydrogen (secondary N) is 1. The predicted molar refractivity (Wildman–Crippen MR) is 81.3 cm³/mol. The number of carbonyl (C=O) groups is 1. The summed E-state index contributed by atoms with van der Waals surface area (Å²) in [7, 11) is 1.59. The summed E-state index contributed by atoms with van der Waals surface area (Å²) < 4.78 is 4.93. The monoisotopic (exact) mass is 292 g/mol. The molecule has 2 N–H and O–H groups in total. The maximum Gasteiger partial charge on any atom is 0.251 e. The van der Waals surface area contributed by atoms with Gasteiger partial charge in [0.1, 0.15) is 0 Å². The third-order valence-corrected chi connectivity index (χ3v) is 3.79. The first-order chi connectivity index (χ1) is 10.2. The van der Waals surface area contributed by atoms with E-state index in [0.29, 0.717) is 18.7 Å². The molecule has 1 aromatic rings. The van der Waals surface area contributed by atoms with Crippen molar-refractivity contribution < 1.29 is 14.6 Å². The molecule has 1 fully saturated rings. The Balaban J connectivity index is 1.73. The second-order valence-corrected chi connectivity index (χ2v) is 5.52. The highest BCUT2D eigenvalue weighted by Gasteiger charge is 2.22. The lowest BCUT2D eigenvalue weighted by Crippen LogP contribution is -2.47. The van der Waals surface area contributed by atoms with E-state index < -0.39 is 6.10 Å². The Kier molecular flexibility index (Phi) is 6.17. The lowest BCUT2D eigenvalue weighted by molar-refractivity contribution is 0.0309. The van der Waals surface area contributed by atoms with Gasteiger partial charge in [0.15, 0.2) is 0 Å². The van der Waals surface area contributed by atoms with Crippen LogP contribution in [-0.4, -0.2) is 61.4 Å². The van der Waals surface area contributed by atoms with Crippen LogP contribution in [0.3, 0.4) is 0 Å². The number of hydrogen-bond acceptors (Lipinski definition) is 4. The van der Waals surface area contributed by atoms with Gasteiger partial charge in [0.2, 0.25) is 0 Å². The van der Waals surface area contributed by atoms with Crippen molar-refractivity contribution in [1.82, 2.24) is 10.2 Å². The number of hydrogen-bond donors (Lipinski definition) is 2. The minimum Gasteiger partial charge on any atom is -0.389 e. The first-order valence-corrected chi connectivity index (χ1v) is 7.44. The Morgan fingerprint density at radius 3 is 2.67 bits per heavy atom. The lowest BCUT2D eigenvalue weighted by Gasteiger charge is -2.33. The highest BCUT2D eigenvalue weighted by molar-refractivity contribution is 5.94. The van der Waals surface area contributed by atoms with E-state index in [1.54, 1.807) is 7.11 Å². The van der Waals surface area contributed by atoms with Crippen molar-refractivity contribution in [3.05, 3.63) is 35.9 Å². The fourth-order valence-electron chi connectivity index (χ4n) is 2.66. The number of benzene rings is 1. The molecule has 1 atom stereocenters. The third-order valence-electron chi connectivity index (χ3n) is 3.79. The molecule has 5 heteroatoms. The molecule has 1 unspecified atom stereocenters. The van der Waals surface area contributed by atoms with E-state index in [0.717, 1.165) is 25.9 Å². The van der Waals surface area contributed by atoms with Gasteiger partial charge in [-0.2, -0.15) is 0 Å². The normalized spacial score (nSPS) is 18.4. The molecule has 0 bridgehead atoms. The molecule has 0 aromatic heterocycles. The van der Waals surface area contributed by atoms with Gasteiger partial charge < -0.3 is 20.1 Å². The zero-order valence-electron chi connectivity index (χ0n) is 12.5. The molecule has 21 heavy (non-hydrogen) atoms. The quantitative estimate of drug-likeness (QED) is 0.817. The molecule has 0 saturated carbocycles. The van der Waals surface area contributed by atoms with Crippen molar-refractivity contribution in [2.75, 3.05) is 33.4 Å². The summed E-state index contributed by atoms with van der Waals surface area (Å²) in [5.41, 5.74) is 0.704. The highest BCUT2D eigenvalue weighted by Crippen LogP contribution is 2.12. The van der Waals surface area contributed by atoms with Crippen LogP contribution in [0.5, 0.6) is 0 Å². The number of piperidine rings is 1. The summed E-state index contributed by atoms with van der Waals surface area (Å²) in [6.45, 7) is 2.78. The van der Waals surface area contributed by atoms with E-state index in [2.05, 4.69) is 10.2 Å². The van der Waals surface area contributed by atoms with Gasteiger partial charge >= 0.3 is 0 Å². The second kappa shape index (κ2) is 8.12. The van der Waals surface area contributed by atoms with Gasteiger partial charge in [-0.3, -0.25) is 4.79 Å². The molecule has 1 heterocycles. The van der Waals surface area contributed by atoms with Gasteiger partial charge in [0, 0.05) is 38.3 Å². The van der Waals surface area contributed by atoms with Crippen LogP contribution in [0.2, 0.25) is 0 Å². The molecule has 1 aliphatic heterocycles. The minimum atomic E-state index is -0.439. The SMILES string of the molecule is COCC(O)CN1CCC(NC(=O)c2ccccc2)CC1. The fraction of sp³-hybridized carbons (Fsp3) is 0.562. The van der Waals surface area contributed by atoms with Crippen LogP contribution in [0.4, 0.5) is 0 Å². The smallest absolute Gasteiger partial charge is 0.251 e. The van der Waals surface area contributed by atoms with E-state index in [-0.39, 0.29) is 11.9 Å². The molecule has 1 amide bonds. The molecule has 0 radical (unpaired) electrons. The zero-order valence-corrected chi connectivity index (χ0v) is 12.5. The Morgan fingerprint density at radius 1 is 1.38 bits per heavy atom. The summed E-state index contributed by atoms with van der Waals surface area (Å²) in [6.07, 6.45) is 1.39. The molecule has 0 aliphatic carbocycles. The number of rotatable bonds is 6. The summed E-state index contributed by atoms with van der Waals surface area (Å²) in [6, 6.07) is 9.51. The summed E-state index contributed by atoms with van der Waals surface area (Å²) >= 11 is 0. The Bertz CT molecular complexity index is 430. The molecule has 1 aliphatic rings. The third kappa shape index (κ3) is 5.12. The van der Waals surface area contributed by atoms with Crippen LogP contribution in [0, 0.1) is 0 Å². The number of methoxy groups -OCH3 is 1. The maximum atomic E-state index is 12.1. The number of ether oxygens (including phenoxy) is 1. The van der Waals surface area contributed by atoms with Crippen molar-refractivity contribution in [2.45, 2.75) is 25.0 Å². The van der Waals surface area contributed by atoms with E-state index in [1.165, 1.54) is 0 Å². The topological polar surface area (TPSA) is 61.8 Å². The Hall–Kier alpha value is -1.43. The fourth-order valence-corrected chi connectivity index (χ4v) is 2.66. The Morgan fingerprint density at radius 2 is 2.05 bits per heavy atom. The molecule has 5 nitrogen and oxygen atoms in total. The molecular formula is C16H24N2O3. The summed E-state index contributed by atoms with van der Waals surface area (Å²) in [5.74, 6) is -0.00605. The molecule has 116 valence electrons. The van der Waals surface area contributed by atoms with Crippen molar-refractivity contribution >= 4 is 5.91 Å². The first-order valence-electron chi connectivity index (χ1n) is 7.44. The van der Waals surface area contributed by atoms with Gasteiger partial charge in [-0.25, -0.2) is 0 Å². The van der Waals surface area contributed by atoms with E-state index in [4.69, 9.17) is 4.74 Å². The van der Waals surface area contributed by atoms with Crippen molar-refractivity contribution in [2.24, 2.45) is 0 Å². The summed E-state index contributed by atoms with van der Waals surface area (Å²) in [4.78, 5) is 14.3. The van der Waals surface area contributed by atoms with Crippen LogP contribution >= 0.6 is 0 Å². The van der Waals surface area contributed by atoms with Gasteiger partial charge in [0.25, 0.3) is 5.91 Å². The molecule has 1 aromatic carbocycles. The number of β-amino-alcohol motifs (C(OH)–C–C–N with tert-alkyl or cyclic N) is 1. The van der Waals surface area contributed by atoms with Gasteiger partial charge in [-0.15, -0.1) is 0 Å². The van der Waals surface area contributed by atoms with E-state index in [9.17, 15) is 9.90 Å². The standard InChI is InChI=1S/C16H24N2O3/c1-21-12-15(19)11-18-9-7-14(8-10-18)17-16(20)13-5-3-2-4-6-13/h2-6,14-15,19H,7-12H2,1H3,(H,17,20). The highest BCUT2D eigenvalue weighted by atomic mass is 16.5. The van der Waals surface area contributed by atoms with Gasteiger partial charge in [0.05, 0.1) is 12.7 Å². The van der Waals surface area contributed by atoms with Gasteiger partial charge in [-0.1, -0.05) is 18.2 Å². The number of carbonyl (C=O) groups excluding carboxylic acids is 1. The molecule has 0 spiro atoms. The van der Waals surface area contributed by atoms with Crippen LogP contribution < -0.4 is 5.32 Å². The largest absolute Gasteiger partial charge is 0.389 e. The minimum absolute atomic E-state index is 0.00605. The van der Waals surface area contributed by atoms with Crippen molar-refractivity contribution in [1.29, 1.82) is 0 Å². The number of amides is 1. The molecule has 1 saturated heterocycles. The maximum absolute atomic E-state index is 12.1.